The van der Waals surface area contributed by atoms with Crippen molar-refractivity contribution in [3.63, 3.8) is 0 Å². The molecule has 2 amide bonds. The van der Waals surface area contributed by atoms with Crippen LogP contribution in [0.4, 0.5) is 5.69 Å². The van der Waals surface area contributed by atoms with Gasteiger partial charge in [-0.1, -0.05) is 6.07 Å². The van der Waals surface area contributed by atoms with Gasteiger partial charge in [-0.2, -0.15) is 0 Å². The second kappa shape index (κ2) is 6.65. The second-order valence-corrected chi connectivity index (χ2v) is 4.81. The van der Waals surface area contributed by atoms with Crippen molar-refractivity contribution in [3.05, 3.63) is 46.9 Å². The van der Waals surface area contributed by atoms with Crippen LogP contribution in [0, 0.1) is 0 Å². The maximum atomic E-state index is 11.6. The van der Waals surface area contributed by atoms with Crippen molar-refractivity contribution in [3.8, 4) is 0 Å². The number of amides is 2. The highest BCUT2D eigenvalue weighted by molar-refractivity contribution is 7.09. The van der Waals surface area contributed by atoms with Crippen LogP contribution in [0.5, 0.6) is 0 Å². The molecule has 0 atom stereocenters. The fourth-order valence-corrected chi connectivity index (χ4v) is 2.17. The van der Waals surface area contributed by atoms with E-state index in [1.165, 1.54) is 11.1 Å². The Bertz CT molecular complexity index is 540. The standard InChI is InChI=1S/C13H13N3O2S/c17-12(15-7-5-11-4-2-8-19-11)13(18)16-10-3-1-6-14-9-10/h1-4,6,8-9H,5,7H2,(H,15,17)(H,16,18). The normalized spacial score (nSPS) is 9.89. The number of nitrogens with one attached hydrogen (secondary N) is 2. The smallest absolute Gasteiger partial charge is 0.313 e. The molecule has 0 saturated carbocycles. The number of thiophene rings is 1. The van der Waals surface area contributed by atoms with Crippen LogP contribution >= 0.6 is 11.3 Å². The molecule has 98 valence electrons. The summed E-state index contributed by atoms with van der Waals surface area (Å²) >= 11 is 1.63. The zero-order chi connectivity index (χ0) is 13.5. The Morgan fingerprint density at radius 1 is 1.21 bits per heavy atom. The fraction of sp³-hybridized carbons (Fsp3) is 0.154. The van der Waals surface area contributed by atoms with Gasteiger partial charge in [0.2, 0.25) is 0 Å². The highest BCUT2D eigenvalue weighted by atomic mass is 32.1. The highest BCUT2D eigenvalue weighted by Gasteiger charge is 2.12. The molecule has 0 saturated heterocycles. The van der Waals surface area contributed by atoms with Gasteiger partial charge in [-0.05, 0) is 30.0 Å². The van der Waals surface area contributed by atoms with Gasteiger partial charge in [0.05, 0.1) is 11.9 Å². The molecule has 0 bridgehead atoms. The summed E-state index contributed by atoms with van der Waals surface area (Å²) in [6, 6.07) is 7.30. The Morgan fingerprint density at radius 2 is 2.11 bits per heavy atom. The van der Waals surface area contributed by atoms with Crippen LogP contribution in [-0.2, 0) is 16.0 Å². The summed E-state index contributed by atoms with van der Waals surface area (Å²) in [4.78, 5) is 28.1. The molecule has 0 radical (unpaired) electrons. The summed E-state index contributed by atoms with van der Waals surface area (Å²) in [6.07, 6.45) is 3.80. The van der Waals surface area contributed by atoms with Crippen LogP contribution in [0.3, 0.4) is 0 Å². The lowest BCUT2D eigenvalue weighted by molar-refractivity contribution is -0.136. The van der Waals surface area contributed by atoms with Crippen LogP contribution in [-0.4, -0.2) is 23.3 Å². The van der Waals surface area contributed by atoms with Crippen molar-refractivity contribution in [1.29, 1.82) is 0 Å². The van der Waals surface area contributed by atoms with Crippen molar-refractivity contribution >= 4 is 28.8 Å². The first-order chi connectivity index (χ1) is 9.25. The van der Waals surface area contributed by atoms with Gasteiger partial charge in [0.25, 0.3) is 0 Å². The maximum absolute atomic E-state index is 11.6. The summed E-state index contributed by atoms with van der Waals surface area (Å²) in [5.41, 5.74) is 0.501. The van der Waals surface area contributed by atoms with E-state index in [-0.39, 0.29) is 0 Å². The third kappa shape index (κ3) is 4.18. The van der Waals surface area contributed by atoms with Crippen LogP contribution in [0.2, 0.25) is 0 Å². The first-order valence-corrected chi connectivity index (χ1v) is 6.65. The van der Waals surface area contributed by atoms with Crippen LogP contribution in [0.1, 0.15) is 4.88 Å². The number of hydrogen-bond acceptors (Lipinski definition) is 4. The van der Waals surface area contributed by atoms with E-state index in [1.807, 2.05) is 17.5 Å². The SMILES string of the molecule is O=C(NCCc1cccs1)C(=O)Nc1cccnc1. The van der Waals surface area contributed by atoms with Gasteiger partial charge in [-0.15, -0.1) is 11.3 Å². The third-order valence-electron chi connectivity index (χ3n) is 2.36. The molecule has 19 heavy (non-hydrogen) atoms. The van der Waals surface area contributed by atoms with E-state index >= 15 is 0 Å². The Morgan fingerprint density at radius 3 is 2.79 bits per heavy atom. The third-order valence-corrected chi connectivity index (χ3v) is 3.30. The number of hydrogen-bond donors (Lipinski definition) is 2. The van der Waals surface area contributed by atoms with Gasteiger partial charge >= 0.3 is 11.8 Å². The topological polar surface area (TPSA) is 71.1 Å². The van der Waals surface area contributed by atoms with Gasteiger partial charge in [-0.25, -0.2) is 0 Å². The molecule has 0 aliphatic rings. The molecular weight excluding hydrogens is 262 g/mol. The average molecular weight is 275 g/mol. The van der Waals surface area contributed by atoms with Gasteiger partial charge in [0, 0.05) is 17.6 Å². The van der Waals surface area contributed by atoms with Crippen molar-refractivity contribution < 1.29 is 9.59 Å². The Balaban J connectivity index is 1.75. The molecule has 2 heterocycles. The molecule has 6 heteroatoms. The average Bonchev–Trinajstić information content (AvgIpc) is 2.93. The molecule has 2 aromatic heterocycles. The van der Waals surface area contributed by atoms with E-state index in [0.717, 1.165) is 6.42 Å². The number of carbonyl (C=O) groups is 2. The Hall–Kier alpha value is -2.21. The molecule has 0 aliphatic heterocycles. The van der Waals surface area contributed by atoms with Gasteiger partial charge in [-0.3, -0.25) is 14.6 Å². The zero-order valence-corrected chi connectivity index (χ0v) is 10.9. The number of rotatable bonds is 4. The van der Waals surface area contributed by atoms with Gasteiger partial charge in [0.15, 0.2) is 0 Å². The molecular formula is C13H13N3O2S. The summed E-state index contributed by atoms with van der Waals surface area (Å²) in [7, 11) is 0. The largest absolute Gasteiger partial charge is 0.347 e. The lowest BCUT2D eigenvalue weighted by atomic mass is 10.3. The molecule has 5 nitrogen and oxygen atoms in total. The van der Waals surface area contributed by atoms with Crippen molar-refractivity contribution in [2.75, 3.05) is 11.9 Å². The number of carbonyl (C=O) groups excluding carboxylic acids is 2. The van der Waals surface area contributed by atoms with Crippen LogP contribution in [0.15, 0.2) is 42.0 Å². The second-order valence-electron chi connectivity index (χ2n) is 3.78. The van der Waals surface area contributed by atoms with E-state index in [9.17, 15) is 9.59 Å². The Kier molecular flexibility index (Phi) is 4.63. The summed E-state index contributed by atoms with van der Waals surface area (Å²) in [5.74, 6) is -1.32. The number of pyridine rings is 1. The monoisotopic (exact) mass is 275 g/mol. The minimum absolute atomic E-state index is 0.444. The van der Waals surface area contributed by atoms with Crippen molar-refractivity contribution in [2.45, 2.75) is 6.42 Å². The number of anilines is 1. The molecule has 0 aromatic carbocycles. The molecule has 2 rings (SSSR count). The zero-order valence-electron chi connectivity index (χ0n) is 10.1. The number of nitrogens with zero attached hydrogens (tertiary/aromatic N) is 1. The summed E-state index contributed by atoms with van der Waals surface area (Å²) in [5, 5.41) is 7.03. The minimum atomic E-state index is -0.681. The first-order valence-electron chi connectivity index (χ1n) is 5.77. The highest BCUT2D eigenvalue weighted by Crippen LogP contribution is 2.08. The van der Waals surface area contributed by atoms with Crippen molar-refractivity contribution in [1.82, 2.24) is 10.3 Å². The quantitative estimate of drug-likeness (QED) is 0.829. The van der Waals surface area contributed by atoms with E-state index < -0.39 is 11.8 Å². The Labute approximate surface area is 114 Å². The molecule has 0 spiro atoms. The minimum Gasteiger partial charge on any atom is -0.347 e. The maximum Gasteiger partial charge on any atom is 0.313 e. The van der Waals surface area contributed by atoms with E-state index in [4.69, 9.17) is 0 Å². The van der Waals surface area contributed by atoms with Crippen molar-refractivity contribution in [2.24, 2.45) is 0 Å². The predicted molar refractivity (Wildman–Crippen MR) is 73.9 cm³/mol. The van der Waals surface area contributed by atoms with E-state index in [1.54, 1.807) is 29.7 Å². The molecule has 0 fully saturated rings. The first kappa shape index (κ1) is 13.2. The lowest BCUT2D eigenvalue weighted by Crippen LogP contribution is -2.36. The van der Waals surface area contributed by atoms with E-state index in [2.05, 4.69) is 15.6 Å². The molecule has 2 N–H and O–H groups in total. The molecule has 0 unspecified atom stereocenters. The lowest BCUT2D eigenvalue weighted by Gasteiger charge is -2.05. The summed E-state index contributed by atoms with van der Waals surface area (Å²) < 4.78 is 0. The van der Waals surface area contributed by atoms with E-state index in [0.29, 0.717) is 12.2 Å². The van der Waals surface area contributed by atoms with Gasteiger partial charge < -0.3 is 10.6 Å². The molecule has 2 aromatic rings. The number of aromatic nitrogens is 1. The fourth-order valence-electron chi connectivity index (χ4n) is 1.46. The van der Waals surface area contributed by atoms with Crippen LogP contribution in [0.25, 0.3) is 0 Å². The summed E-state index contributed by atoms with van der Waals surface area (Å²) in [6.45, 7) is 0.444. The molecule has 0 aliphatic carbocycles. The van der Waals surface area contributed by atoms with Crippen LogP contribution < -0.4 is 10.6 Å². The predicted octanol–water partition coefficient (Wildman–Crippen LogP) is 1.44. The van der Waals surface area contributed by atoms with Gasteiger partial charge in [0.1, 0.15) is 0 Å².